The summed E-state index contributed by atoms with van der Waals surface area (Å²) in [6.45, 7) is 13.4. The molecule has 0 atom stereocenters. The van der Waals surface area contributed by atoms with E-state index in [1.165, 1.54) is 0 Å². The van der Waals surface area contributed by atoms with E-state index >= 15 is 0 Å². The van der Waals surface area contributed by atoms with Gasteiger partial charge in [0.05, 0.1) is 28.9 Å². The molecule has 0 aliphatic heterocycles. The zero-order valence-electron chi connectivity index (χ0n) is 17.7. The Bertz CT molecular complexity index is 608. The second-order valence-electron chi connectivity index (χ2n) is 7.63. The fraction of sp³-hybridized carbons (Fsp3) is 0.600. The van der Waals surface area contributed by atoms with Crippen LogP contribution < -0.4 is 9.47 Å². The van der Waals surface area contributed by atoms with Crippen LogP contribution in [0.25, 0.3) is 5.76 Å². The summed E-state index contributed by atoms with van der Waals surface area (Å²) in [5.41, 5.74) is 0.960. The third-order valence-electron chi connectivity index (χ3n) is 5.23. The van der Waals surface area contributed by atoms with Gasteiger partial charge in [0.15, 0.2) is 11.5 Å². The van der Waals surface area contributed by atoms with Gasteiger partial charge in [-0.3, -0.25) is 0 Å². The van der Waals surface area contributed by atoms with Gasteiger partial charge in [-0.2, -0.15) is 0 Å². The third kappa shape index (κ3) is 5.14. The zero-order valence-corrected chi connectivity index (χ0v) is 19.7. The van der Waals surface area contributed by atoms with Crippen LogP contribution in [0.15, 0.2) is 23.4 Å². The number of aliphatic hydroxyl groups excluding tert-OH is 1. The lowest BCUT2D eigenvalue weighted by Gasteiger charge is -2.34. The lowest BCUT2D eigenvalue weighted by atomic mass is 10.1. The number of hydrogen-bond donors (Lipinski definition) is 1. The van der Waals surface area contributed by atoms with E-state index in [1.807, 2.05) is 18.2 Å². The Morgan fingerprint density at radius 2 is 1.46 bits per heavy atom. The molecular formula is C20H36O4Si2. The number of rotatable bonds is 10. The minimum atomic E-state index is -1.89. The van der Waals surface area contributed by atoms with Gasteiger partial charge in [-0.15, -0.1) is 0 Å². The Morgan fingerprint density at radius 3 is 1.85 bits per heavy atom. The molecule has 0 radical (unpaired) electrons. The fourth-order valence-corrected chi connectivity index (χ4v) is 7.16. The van der Waals surface area contributed by atoms with E-state index in [1.54, 1.807) is 14.2 Å². The molecule has 0 fully saturated rings. The highest BCUT2D eigenvalue weighted by Gasteiger charge is 2.35. The second-order valence-corrected chi connectivity index (χ2v) is 17.4. The number of ether oxygens (including phenoxy) is 2. The summed E-state index contributed by atoms with van der Waals surface area (Å²) in [5.74, 6) is 2.24. The van der Waals surface area contributed by atoms with Gasteiger partial charge < -0.3 is 19.0 Å². The van der Waals surface area contributed by atoms with E-state index in [2.05, 4.69) is 40.4 Å². The minimum absolute atomic E-state index is 0.0288. The van der Waals surface area contributed by atoms with E-state index in [0.29, 0.717) is 11.5 Å². The van der Waals surface area contributed by atoms with Crippen molar-refractivity contribution in [1.29, 1.82) is 0 Å². The topological polar surface area (TPSA) is 47.9 Å². The van der Waals surface area contributed by atoms with Gasteiger partial charge in [0, 0.05) is 5.56 Å². The molecule has 6 heteroatoms. The molecule has 1 rings (SSSR count). The first-order chi connectivity index (χ1) is 12.2. The van der Waals surface area contributed by atoms with Gasteiger partial charge >= 0.3 is 0 Å². The number of aliphatic hydroxyl groups is 1. The van der Waals surface area contributed by atoms with Crippen LogP contribution in [0.2, 0.25) is 37.8 Å². The lowest BCUT2D eigenvalue weighted by Crippen LogP contribution is -2.37. The smallest absolute Gasteiger partial charge is 0.250 e. The van der Waals surface area contributed by atoms with Gasteiger partial charge in [-0.05, 0) is 41.5 Å². The van der Waals surface area contributed by atoms with Gasteiger partial charge in [0.25, 0.3) is 0 Å². The molecule has 0 saturated heterocycles. The van der Waals surface area contributed by atoms with Crippen LogP contribution in [0.5, 0.6) is 11.5 Å². The molecule has 1 aromatic carbocycles. The maximum atomic E-state index is 10.2. The van der Waals surface area contributed by atoms with Crippen LogP contribution in [-0.4, -0.2) is 42.3 Å². The molecule has 0 bridgehead atoms. The van der Waals surface area contributed by atoms with E-state index in [9.17, 15) is 5.11 Å². The molecule has 1 aromatic rings. The zero-order chi connectivity index (χ0) is 20.0. The van der Waals surface area contributed by atoms with Crippen molar-refractivity contribution in [2.75, 3.05) is 20.8 Å². The van der Waals surface area contributed by atoms with Crippen LogP contribution in [0.4, 0.5) is 0 Å². The molecular weight excluding hydrogens is 360 g/mol. The molecule has 1 N–H and O–H groups in total. The maximum Gasteiger partial charge on any atom is 0.250 e. The molecule has 0 spiro atoms. The number of methoxy groups -OCH3 is 2. The SMILES string of the molecule is CC[Si](CC)(CC)O/C(=C(/CO)[Si](C)(C)C)c1ccc(OC)c(OC)c1. The summed E-state index contributed by atoms with van der Waals surface area (Å²) in [7, 11) is -0.381. The summed E-state index contributed by atoms with van der Waals surface area (Å²) >= 11 is 0. The van der Waals surface area contributed by atoms with Crippen molar-refractivity contribution in [2.45, 2.75) is 58.5 Å². The van der Waals surface area contributed by atoms with Crippen LogP contribution in [0.3, 0.4) is 0 Å². The molecule has 26 heavy (non-hydrogen) atoms. The van der Waals surface area contributed by atoms with Crippen molar-refractivity contribution in [3.63, 3.8) is 0 Å². The first kappa shape index (κ1) is 22.8. The average molecular weight is 397 g/mol. The Kier molecular flexibility index (Phi) is 8.43. The van der Waals surface area contributed by atoms with E-state index < -0.39 is 16.4 Å². The highest BCUT2D eigenvalue weighted by Crippen LogP contribution is 2.37. The van der Waals surface area contributed by atoms with Crippen LogP contribution in [0.1, 0.15) is 26.3 Å². The van der Waals surface area contributed by atoms with E-state index in [0.717, 1.165) is 34.7 Å². The minimum Gasteiger partial charge on any atom is -0.543 e. The molecule has 0 aromatic heterocycles. The molecule has 4 nitrogen and oxygen atoms in total. The van der Waals surface area contributed by atoms with Crippen LogP contribution in [0, 0.1) is 0 Å². The highest BCUT2D eigenvalue weighted by molar-refractivity contribution is 6.84. The highest BCUT2D eigenvalue weighted by atomic mass is 28.4. The molecule has 0 aliphatic rings. The van der Waals surface area contributed by atoms with Crippen molar-refractivity contribution < 1.29 is 19.0 Å². The number of benzene rings is 1. The van der Waals surface area contributed by atoms with Gasteiger partial charge in [-0.25, -0.2) is 0 Å². The molecule has 0 amide bonds. The fourth-order valence-electron chi connectivity index (χ4n) is 3.10. The Hall–Kier alpha value is -1.25. The van der Waals surface area contributed by atoms with Crippen molar-refractivity contribution in [3.05, 3.63) is 29.0 Å². The quantitative estimate of drug-likeness (QED) is 0.430. The second kappa shape index (κ2) is 9.62. The molecule has 148 valence electrons. The van der Waals surface area contributed by atoms with Crippen molar-refractivity contribution >= 4 is 22.2 Å². The van der Waals surface area contributed by atoms with E-state index in [4.69, 9.17) is 13.9 Å². The monoisotopic (exact) mass is 396 g/mol. The maximum absolute atomic E-state index is 10.2. The first-order valence-electron chi connectivity index (χ1n) is 9.47. The summed E-state index contributed by atoms with van der Waals surface area (Å²) < 4.78 is 17.7. The van der Waals surface area contributed by atoms with Crippen LogP contribution >= 0.6 is 0 Å². The van der Waals surface area contributed by atoms with Crippen LogP contribution in [-0.2, 0) is 4.43 Å². The predicted octanol–water partition coefficient (Wildman–Crippen LogP) is 5.31. The molecule has 0 aliphatic carbocycles. The van der Waals surface area contributed by atoms with Crippen molar-refractivity contribution in [3.8, 4) is 11.5 Å². The largest absolute Gasteiger partial charge is 0.543 e. The Labute approximate surface area is 161 Å². The first-order valence-corrected chi connectivity index (χ1v) is 15.5. The van der Waals surface area contributed by atoms with Crippen molar-refractivity contribution in [2.24, 2.45) is 0 Å². The van der Waals surface area contributed by atoms with Gasteiger partial charge in [0.1, 0.15) is 5.76 Å². The summed E-state index contributed by atoms with van der Waals surface area (Å²) in [4.78, 5) is 0. The summed E-state index contributed by atoms with van der Waals surface area (Å²) in [6.07, 6.45) is 0. The Balaban J connectivity index is 3.64. The molecule has 0 heterocycles. The van der Waals surface area contributed by atoms with Crippen molar-refractivity contribution in [1.82, 2.24) is 0 Å². The normalized spacial score (nSPS) is 13.3. The summed E-state index contributed by atoms with van der Waals surface area (Å²) in [6, 6.07) is 9.05. The predicted molar refractivity (Wildman–Crippen MR) is 115 cm³/mol. The lowest BCUT2D eigenvalue weighted by molar-refractivity contribution is 0.333. The Morgan fingerprint density at radius 1 is 0.923 bits per heavy atom. The summed E-state index contributed by atoms with van der Waals surface area (Å²) in [5, 5.41) is 11.2. The molecule has 0 saturated carbocycles. The molecule has 0 unspecified atom stereocenters. The van der Waals surface area contributed by atoms with Gasteiger partial charge in [0.2, 0.25) is 8.32 Å². The van der Waals surface area contributed by atoms with E-state index in [-0.39, 0.29) is 6.61 Å². The standard InChI is InChI=1S/C20H36O4Si2/c1-9-26(10-2,11-3)24-20(19(15-21)25(6,7)8)16-12-13-17(22-4)18(14-16)23-5/h12-14,21H,9-11,15H2,1-8H3/b20-19-. The number of hydrogen-bond acceptors (Lipinski definition) is 4. The third-order valence-corrected chi connectivity index (χ3v) is 11.9. The van der Waals surface area contributed by atoms with Gasteiger partial charge in [-0.1, -0.05) is 40.4 Å². The average Bonchev–Trinajstić information content (AvgIpc) is 2.63.